The molecule has 2 aromatic rings. The van der Waals surface area contributed by atoms with Crippen molar-refractivity contribution in [3.05, 3.63) is 53.4 Å². The minimum Gasteiger partial charge on any atom is -0.334 e. The SMILES string of the molecule is O=C(CCCn1cnc2c1CCCC2)c1ccc(F)cc1. The molecule has 0 unspecified atom stereocenters. The van der Waals surface area contributed by atoms with Crippen LogP contribution in [0.5, 0.6) is 0 Å². The molecule has 3 nitrogen and oxygen atoms in total. The lowest BCUT2D eigenvalue weighted by Crippen LogP contribution is -2.09. The van der Waals surface area contributed by atoms with E-state index in [0.717, 1.165) is 25.8 Å². The summed E-state index contributed by atoms with van der Waals surface area (Å²) >= 11 is 0. The number of Topliss-reactive ketones (excluding diaryl/α,β-unsaturated/α-hetero) is 1. The van der Waals surface area contributed by atoms with Gasteiger partial charge in [0.1, 0.15) is 5.82 Å². The Balaban J connectivity index is 1.55. The first-order valence-corrected chi connectivity index (χ1v) is 7.55. The maximum Gasteiger partial charge on any atom is 0.162 e. The highest BCUT2D eigenvalue weighted by Crippen LogP contribution is 2.20. The number of aromatic nitrogens is 2. The van der Waals surface area contributed by atoms with E-state index in [1.54, 1.807) is 12.1 Å². The second kappa shape index (κ2) is 6.20. The smallest absolute Gasteiger partial charge is 0.162 e. The molecule has 0 fully saturated rings. The van der Waals surface area contributed by atoms with Gasteiger partial charge in [0.2, 0.25) is 0 Å². The zero-order chi connectivity index (χ0) is 14.7. The van der Waals surface area contributed by atoms with E-state index in [1.165, 1.54) is 36.4 Å². The minimum absolute atomic E-state index is 0.0731. The van der Waals surface area contributed by atoms with E-state index in [-0.39, 0.29) is 11.6 Å². The van der Waals surface area contributed by atoms with Crippen molar-refractivity contribution in [1.82, 2.24) is 9.55 Å². The van der Waals surface area contributed by atoms with E-state index >= 15 is 0 Å². The standard InChI is InChI=1S/C17H19FN2O/c18-14-9-7-13(8-10-14)17(21)6-3-11-20-12-19-15-4-1-2-5-16(15)20/h7-10,12H,1-6,11H2. The van der Waals surface area contributed by atoms with Gasteiger partial charge in [0.05, 0.1) is 12.0 Å². The summed E-state index contributed by atoms with van der Waals surface area (Å²) in [4.78, 5) is 16.5. The summed E-state index contributed by atoms with van der Waals surface area (Å²) in [6.07, 6.45) is 7.81. The number of halogens is 1. The minimum atomic E-state index is -0.309. The van der Waals surface area contributed by atoms with Crippen LogP contribution in [-0.4, -0.2) is 15.3 Å². The molecule has 0 N–H and O–H groups in total. The van der Waals surface area contributed by atoms with Gasteiger partial charge in [-0.25, -0.2) is 9.37 Å². The lowest BCUT2D eigenvalue weighted by Gasteiger charge is -2.13. The second-order valence-electron chi connectivity index (χ2n) is 5.57. The molecule has 0 atom stereocenters. The van der Waals surface area contributed by atoms with E-state index in [1.807, 2.05) is 6.33 Å². The number of fused-ring (bicyclic) bond motifs is 1. The van der Waals surface area contributed by atoms with Gasteiger partial charge in [0, 0.05) is 24.2 Å². The molecule has 0 bridgehead atoms. The number of hydrogen-bond acceptors (Lipinski definition) is 2. The van der Waals surface area contributed by atoms with Crippen LogP contribution in [0.15, 0.2) is 30.6 Å². The van der Waals surface area contributed by atoms with Gasteiger partial charge in [0.25, 0.3) is 0 Å². The van der Waals surface area contributed by atoms with Crippen LogP contribution in [0, 0.1) is 5.82 Å². The van der Waals surface area contributed by atoms with Crippen LogP contribution in [-0.2, 0) is 19.4 Å². The number of benzene rings is 1. The van der Waals surface area contributed by atoms with Gasteiger partial charge in [-0.1, -0.05) is 0 Å². The van der Waals surface area contributed by atoms with E-state index in [2.05, 4.69) is 9.55 Å². The molecule has 3 rings (SSSR count). The van der Waals surface area contributed by atoms with Crippen molar-refractivity contribution in [3.63, 3.8) is 0 Å². The first-order chi connectivity index (χ1) is 10.2. The number of carbonyl (C=O) groups is 1. The van der Waals surface area contributed by atoms with Crippen molar-refractivity contribution in [3.8, 4) is 0 Å². The fraction of sp³-hybridized carbons (Fsp3) is 0.412. The monoisotopic (exact) mass is 286 g/mol. The predicted molar refractivity (Wildman–Crippen MR) is 78.8 cm³/mol. The first kappa shape index (κ1) is 14.0. The van der Waals surface area contributed by atoms with Crippen molar-refractivity contribution in [1.29, 1.82) is 0 Å². The van der Waals surface area contributed by atoms with E-state index in [0.29, 0.717) is 12.0 Å². The van der Waals surface area contributed by atoms with Crippen molar-refractivity contribution >= 4 is 5.78 Å². The number of nitrogens with zero attached hydrogens (tertiary/aromatic N) is 2. The third-order valence-electron chi connectivity index (χ3n) is 4.08. The summed E-state index contributed by atoms with van der Waals surface area (Å²) in [6.45, 7) is 0.829. The number of rotatable bonds is 5. The van der Waals surface area contributed by atoms with Crippen LogP contribution in [0.1, 0.15) is 47.4 Å². The van der Waals surface area contributed by atoms with Crippen molar-refractivity contribution < 1.29 is 9.18 Å². The van der Waals surface area contributed by atoms with Crippen LogP contribution in [0.25, 0.3) is 0 Å². The number of ketones is 1. The summed E-state index contributed by atoms with van der Waals surface area (Å²) in [5.74, 6) is -0.236. The topological polar surface area (TPSA) is 34.9 Å². The van der Waals surface area contributed by atoms with Gasteiger partial charge in [-0.05, 0) is 56.4 Å². The zero-order valence-corrected chi connectivity index (χ0v) is 12.0. The molecule has 0 aliphatic heterocycles. The highest BCUT2D eigenvalue weighted by Gasteiger charge is 2.15. The van der Waals surface area contributed by atoms with E-state index in [9.17, 15) is 9.18 Å². The largest absolute Gasteiger partial charge is 0.334 e. The Morgan fingerprint density at radius 1 is 1.19 bits per heavy atom. The summed E-state index contributed by atoms with van der Waals surface area (Å²) in [5.41, 5.74) is 3.16. The quantitative estimate of drug-likeness (QED) is 0.788. The third kappa shape index (κ3) is 3.20. The van der Waals surface area contributed by atoms with Gasteiger partial charge in [0.15, 0.2) is 5.78 Å². The summed E-state index contributed by atoms with van der Waals surface area (Å²) < 4.78 is 15.0. The Bertz CT molecular complexity index is 631. The molecular formula is C17H19FN2O. The molecule has 21 heavy (non-hydrogen) atoms. The Labute approximate surface area is 123 Å². The van der Waals surface area contributed by atoms with Crippen LogP contribution in [0.4, 0.5) is 4.39 Å². The van der Waals surface area contributed by atoms with Crippen molar-refractivity contribution in [2.45, 2.75) is 45.1 Å². The normalized spacial score (nSPS) is 14.0. The molecule has 1 aliphatic rings. The second-order valence-corrected chi connectivity index (χ2v) is 5.57. The van der Waals surface area contributed by atoms with Gasteiger partial charge in [-0.15, -0.1) is 0 Å². The molecule has 0 saturated carbocycles. The fourth-order valence-electron chi connectivity index (χ4n) is 2.91. The highest BCUT2D eigenvalue weighted by atomic mass is 19.1. The Morgan fingerprint density at radius 2 is 1.95 bits per heavy atom. The van der Waals surface area contributed by atoms with Crippen molar-refractivity contribution in [2.24, 2.45) is 0 Å². The molecule has 0 radical (unpaired) electrons. The number of imidazole rings is 1. The number of carbonyl (C=O) groups excluding carboxylic acids is 1. The highest BCUT2D eigenvalue weighted by molar-refractivity contribution is 5.95. The molecule has 4 heteroatoms. The third-order valence-corrected chi connectivity index (χ3v) is 4.08. The first-order valence-electron chi connectivity index (χ1n) is 7.55. The fourth-order valence-corrected chi connectivity index (χ4v) is 2.91. The molecule has 0 saturated heterocycles. The Kier molecular flexibility index (Phi) is 4.13. The molecule has 0 spiro atoms. The van der Waals surface area contributed by atoms with Crippen LogP contribution >= 0.6 is 0 Å². The summed E-state index contributed by atoms with van der Waals surface area (Å²) in [5, 5.41) is 0. The summed E-state index contributed by atoms with van der Waals surface area (Å²) in [6, 6.07) is 5.77. The molecule has 110 valence electrons. The molecule has 0 amide bonds. The zero-order valence-electron chi connectivity index (χ0n) is 12.0. The van der Waals surface area contributed by atoms with Crippen LogP contribution in [0.3, 0.4) is 0 Å². The maximum absolute atomic E-state index is 12.8. The Morgan fingerprint density at radius 3 is 2.76 bits per heavy atom. The summed E-state index contributed by atoms with van der Waals surface area (Å²) in [7, 11) is 0. The van der Waals surface area contributed by atoms with Crippen molar-refractivity contribution in [2.75, 3.05) is 0 Å². The lowest BCUT2D eigenvalue weighted by molar-refractivity contribution is 0.0978. The van der Waals surface area contributed by atoms with Crippen LogP contribution in [0.2, 0.25) is 0 Å². The number of aryl methyl sites for hydroxylation is 2. The predicted octanol–water partition coefficient (Wildman–Crippen LogP) is 3.56. The average Bonchev–Trinajstić information content (AvgIpc) is 2.91. The number of hydrogen-bond donors (Lipinski definition) is 0. The van der Waals surface area contributed by atoms with Gasteiger partial charge >= 0.3 is 0 Å². The molecule has 1 aromatic carbocycles. The Hall–Kier alpha value is -1.97. The molecule has 1 heterocycles. The molecule has 1 aliphatic carbocycles. The molecular weight excluding hydrogens is 267 g/mol. The van der Waals surface area contributed by atoms with Crippen LogP contribution < -0.4 is 0 Å². The van der Waals surface area contributed by atoms with E-state index < -0.39 is 0 Å². The van der Waals surface area contributed by atoms with Gasteiger partial charge in [-0.3, -0.25) is 4.79 Å². The van der Waals surface area contributed by atoms with E-state index in [4.69, 9.17) is 0 Å². The maximum atomic E-state index is 12.8. The van der Waals surface area contributed by atoms with Gasteiger partial charge < -0.3 is 4.57 Å². The average molecular weight is 286 g/mol. The lowest BCUT2D eigenvalue weighted by atomic mass is 10.0. The molecule has 1 aromatic heterocycles. The van der Waals surface area contributed by atoms with Gasteiger partial charge in [-0.2, -0.15) is 0 Å².